The van der Waals surface area contributed by atoms with E-state index in [0.717, 1.165) is 28.8 Å². The zero-order valence-corrected chi connectivity index (χ0v) is 23.9. The van der Waals surface area contributed by atoms with Gasteiger partial charge in [0.05, 0.1) is 23.1 Å². The number of aldehydes is 1. The van der Waals surface area contributed by atoms with Gasteiger partial charge in [0.25, 0.3) is 0 Å². The summed E-state index contributed by atoms with van der Waals surface area (Å²) in [7, 11) is 3.88. The molecule has 10 heteroatoms. The van der Waals surface area contributed by atoms with Crippen molar-refractivity contribution in [1.29, 1.82) is 0 Å². The maximum Gasteiger partial charge on any atom is 0.410 e. The summed E-state index contributed by atoms with van der Waals surface area (Å²) >= 11 is 0. The first kappa shape index (κ1) is 28.6. The average Bonchev–Trinajstić information content (AvgIpc) is 3.60. The summed E-state index contributed by atoms with van der Waals surface area (Å²) in [5.74, 6) is 7.34. The van der Waals surface area contributed by atoms with Crippen LogP contribution in [0.1, 0.15) is 73.0 Å². The lowest BCUT2D eigenvalue weighted by molar-refractivity contribution is -0.0507. The van der Waals surface area contributed by atoms with Crippen LogP contribution in [0.5, 0.6) is 5.75 Å². The van der Waals surface area contributed by atoms with Gasteiger partial charge in [-0.05, 0) is 72.0 Å². The van der Waals surface area contributed by atoms with Gasteiger partial charge in [0.2, 0.25) is 0 Å². The van der Waals surface area contributed by atoms with E-state index < -0.39 is 18.3 Å². The molecule has 1 amide bonds. The van der Waals surface area contributed by atoms with E-state index in [1.165, 1.54) is 12.1 Å². The molecule has 5 rings (SSSR count). The van der Waals surface area contributed by atoms with E-state index in [0.29, 0.717) is 36.9 Å². The number of nitrogens with zero attached hydrogens (tertiary/aromatic N) is 4. The summed E-state index contributed by atoms with van der Waals surface area (Å²) < 4.78 is 39.1. The Morgan fingerprint density at radius 3 is 2.68 bits per heavy atom. The standard InChI is InChI=1S/C31H34F2N4O4/c1-31(2,3)41-30(39)36-14-13-20(17-36)10-9-19-11-12-22-23(15-19)37-24(16-25(35(4)5)28(37)34-22)27-21(18-38)7-6-8-26(27)40-29(32)33/h6-8,11-12,15,18,20,24-25,29H,13-14,16-17H2,1-5H3. The minimum absolute atomic E-state index is 0.0199. The lowest BCUT2D eigenvalue weighted by atomic mass is 9.96. The van der Waals surface area contributed by atoms with Crippen LogP contribution in [-0.2, 0) is 4.74 Å². The molecular formula is C31H34F2N4O4. The highest BCUT2D eigenvalue weighted by atomic mass is 19.3. The Kier molecular flexibility index (Phi) is 7.75. The zero-order chi connectivity index (χ0) is 29.5. The van der Waals surface area contributed by atoms with Gasteiger partial charge in [-0.2, -0.15) is 8.78 Å². The Morgan fingerprint density at radius 2 is 2.00 bits per heavy atom. The topological polar surface area (TPSA) is 76.9 Å². The van der Waals surface area contributed by atoms with Gasteiger partial charge < -0.3 is 18.9 Å². The van der Waals surface area contributed by atoms with Gasteiger partial charge in [0.15, 0.2) is 6.29 Å². The largest absolute Gasteiger partial charge is 0.444 e. The summed E-state index contributed by atoms with van der Waals surface area (Å²) in [6, 6.07) is 9.83. The van der Waals surface area contributed by atoms with E-state index in [1.54, 1.807) is 11.0 Å². The van der Waals surface area contributed by atoms with Crippen molar-refractivity contribution in [1.82, 2.24) is 19.4 Å². The molecule has 8 nitrogen and oxygen atoms in total. The van der Waals surface area contributed by atoms with Crippen molar-refractivity contribution in [3.05, 3.63) is 58.9 Å². The number of aromatic nitrogens is 2. The number of amides is 1. The van der Waals surface area contributed by atoms with Crippen LogP contribution in [0.4, 0.5) is 13.6 Å². The number of halogens is 2. The van der Waals surface area contributed by atoms with Crippen LogP contribution < -0.4 is 4.74 Å². The number of hydrogen-bond acceptors (Lipinski definition) is 6. The van der Waals surface area contributed by atoms with Gasteiger partial charge in [-0.15, -0.1) is 0 Å². The molecule has 41 heavy (non-hydrogen) atoms. The van der Waals surface area contributed by atoms with Crippen LogP contribution in [-0.4, -0.2) is 71.1 Å². The van der Waals surface area contributed by atoms with Crippen molar-refractivity contribution >= 4 is 23.4 Å². The first-order valence-electron chi connectivity index (χ1n) is 13.7. The number of imidazole rings is 1. The lowest BCUT2D eigenvalue weighted by Gasteiger charge is -2.24. The smallest absolute Gasteiger partial charge is 0.410 e. The van der Waals surface area contributed by atoms with Crippen molar-refractivity contribution in [3.8, 4) is 17.6 Å². The van der Waals surface area contributed by atoms with Crippen molar-refractivity contribution in [2.45, 2.75) is 57.9 Å². The predicted molar refractivity (Wildman–Crippen MR) is 150 cm³/mol. The maximum absolute atomic E-state index is 13.3. The van der Waals surface area contributed by atoms with Gasteiger partial charge in [-0.3, -0.25) is 9.69 Å². The van der Waals surface area contributed by atoms with E-state index in [1.807, 2.05) is 62.5 Å². The number of alkyl halides is 2. The normalized spacial score (nSPS) is 20.3. The average molecular weight is 565 g/mol. The highest BCUT2D eigenvalue weighted by Gasteiger charge is 2.39. The van der Waals surface area contributed by atoms with Crippen LogP contribution in [0.25, 0.3) is 11.0 Å². The number of fused-ring (bicyclic) bond motifs is 3. The third-order valence-electron chi connectivity index (χ3n) is 7.43. The molecule has 0 saturated carbocycles. The molecule has 2 aromatic carbocycles. The van der Waals surface area contributed by atoms with E-state index in [-0.39, 0.29) is 23.8 Å². The first-order chi connectivity index (χ1) is 19.4. The lowest BCUT2D eigenvalue weighted by Crippen LogP contribution is -2.35. The Hall–Kier alpha value is -3.97. The second-order valence-electron chi connectivity index (χ2n) is 11.7. The summed E-state index contributed by atoms with van der Waals surface area (Å²) in [5.41, 5.74) is 2.48. The van der Waals surface area contributed by atoms with Crippen LogP contribution >= 0.6 is 0 Å². The number of rotatable bonds is 5. The van der Waals surface area contributed by atoms with Gasteiger partial charge in [0, 0.05) is 35.7 Å². The molecule has 0 N–H and O–H groups in total. The second kappa shape index (κ2) is 11.1. The SMILES string of the molecule is CN(C)C1CC(c2c(C=O)cccc2OC(F)F)n2c1nc1ccc(C#CC3CCN(C(=O)OC(C)(C)C)C3)cc12. The summed E-state index contributed by atoms with van der Waals surface area (Å²) in [5, 5.41) is 0. The third-order valence-corrected chi connectivity index (χ3v) is 7.43. The molecule has 3 aromatic rings. The molecule has 0 radical (unpaired) electrons. The molecule has 2 aliphatic heterocycles. The predicted octanol–water partition coefficient (Wildman–Crippen LogP) is 5.65. The summed E-state index contributed by atoms with van der Waals surface area (Å²) in [6.45, 7) is 3.61. The number of carbonyl (C=O) groups is 2. The minimum atomic E-state index is -3.02. The highest BCUT2D eigenvalue weighted by molar-refractivity contribution is 5.82. The first-order valence-corrected chi connectivity index (χ1v) is 13.7. The van der Waals surface area contributed by atoms with E-state index in [4.69, 9.17) is 14.5 Å². The Bertz CT molecular complexity index is 1530. The van der Waals surface area contributed by atoms with E-state index in [2.05, 4.69) is 11.8 Å². The number of hydrogen-bond donors (Lipinski definition) is 0. The quantitative estimate of drug-likeness (QED) is 0.294. The Morgan fingerprint density at radius 1 is 1.22 bits per heavy atom. The monoisotopic (exact) mass is 564 g/mol. The summed E-state index contributed by atoms with van der Waals surface area (Å²) in [6.07, 6.45) is 1.65. The second-order valence-corrected chi connectivity index (χ2v) is 11.7. The van der Waals surface area contributed by atoms with Gasteiger partial charge in [-0.1, -0.05) is 24.0 Å². The fraction of sp³-hybridized carbons (Fsp3) is 0.452. The minimum Gasteiger partial charge on any atom is -0.444 e. The molecule has 0 spiro atoms. The van der Waals surface area contributed by atoms with E-state index in [9.17, 15) is 18.4 Å². The molecule has 1 saturated heterocycles. The van der Waals surface area contributed by atoms with Crippen molar-refractivity contribution in [2.24, 2.45) is 5.92 Å². The molecule has 3 heterocycles. The van der Waals surface area contributed by atoms with Gasteiger partial charge in [-0.25, -0.2) is 9.78 Å². The van der Waals surface area contributed by atoms with Crippen LogP contribution in [0.15, 0.2) is 36.4 Å². The van der Waals surface area contributed by atoms with E-state index >= 15 is 0 Å². The summed E-state index contributed by atoms with van der Waals surface area (Å²) in [4.78, 5) is 33.1. The molecule has 0 aliphatic carbocycles. The van der Waals surface area contributed by atoms with Crippen molar-refractivity contribution < 1.29 is 27.8 Å². The van der Waals surface area contributed by atoms with Crippen LogP contribution in [0.3, 0.4) is 0 Å². The molecule has 216 valence electrons. The van der Waals surface area contributed by atoms with Crippen LogP contribution in [0.2, 0.25) is 0 Å². The fourth-order valence-electron chi connectivity index (χ4n) is 5.64. The zero-order valence-electron chi connectivity index (χ0n) is 23.9. The molecular weight excluding hydrogens is 530 g/mol. The van der Waals surface area contributed by atoms with Crippen molar-refractivity contribution in [2.75, 3.05) is 27.2 Å². The number of ether oxygens (including phenoxy) is 2. The Balaban J connectivity index is 1.50. The fourth-order valence-corrected chi connectivity index (χ4v) is 5.64. The highest BCUT2D eigenvalue weighted by Crippen LogP contribution is 2.46. The molecule has 3 unspecified atom stereocenters. The number of carbonyl (C=O) groups excluding carboxylic acids is 2. The van der Waals surface area contributed by atoms with Gasteiger partial charge >= 0.3 is 12.7 Å². The number of likely N-dealkylation sites (tertiary alicyclic amines) is 1. The Labute approximate surface area is 238 Å². The molecule has 0 bridgehead atoms. The number of benzene rings is 2. The molecule has 2 aliphatic rings. The molecule has 1 fully saturated rings. The van der Waals surface area contributed by atoms with Crippen molar-refractivity contribution in [3.63, 3.8) is 0 Å². The van der Waals surface area contributed by atoms with Crippen LogP contribution in [0, 0.1) is 17.8 Å². The molecule has 3 atom stereocenters. The third kappa shape index (κ3) is 5.91. The van der Waals surface area contributed by atoms with Gasteiger partial charge in [0.1, 0.15) is 17.2 Å². The molecule has 1 aromatic heterocycles. The maximum atomic E-state index is 13.3.